The molecule has 0 radical (unpaired) electrons. The van der Waals surface area contributed by atoms with E-state index in [9.17, 15) is 4.79 Å². The zero-order chi connectivity index (χ0) is 16.6. The fourth-order valence-electron chi connectivity index (χ4n) is 2.55. The molecule has 1 aromatic carbocycles. The number of ether oxygens (including phenoxy) is 1. The molecule has 0 saturated carbocycles. The molecule has 0 bridgehead atoms. The second-order valence-electron chi connectivity index (χ2n) is 5.53. The maximum atomic E-state index is 12.0. The van der Waals surface area contributed by atoms with Gasteiger partial charge in [0.05, 0.1) is 18.5 Å². The summed E-state index contributed by atoms with van der Waals surface area (Å²) in [5, 5.41) is -0.923. The average molecular weight is 329 g/mol. The number of rotatable bonds is 3. The van der Waals surface area contributed by atoms with Crippen LogP contribution in [0.3, 0.4) is 0 Å². The summed E-state index contributed by atoms with van der Waals surface area (Å²) in [5.74, 6) is -0.497. The summed E-state index contributed by atoms with van der Waals surface area (Å²) in [6.45, 7) is 4.01. The number of carbonyl (C=O) groups excluding carboxylic acids is 1. The van der Waals surface area contributed by atoms with E-state index in [4.69, 9.17) is 16.3 Å². The summed E-state index contributed by atoms with van der Waals surface area (Å²) in [5.41, 5.74) is 5.20. The van der Waals surface area contributed by atoms with Crippen molar-refractivity contribution in [3.8, 4) is 11.3 Å². The molecule has 0 fully saturated rings. The van der Waals surface area contributed by atoms with Gasteiger partial charge >= 0.3 is 5.97 Å². The third-order valence-electron chi connectivity index (χ3n) is 3.78. The van der Waals surface area contributed by atoms with Crippen LogP contribution in [0.5, 0.6) is 0 Å². The topological polar surface area (TPSA) is 43.6 Å². The lowest BCUT2D eigenvalue weighted by molar-refractivity contribution is -0.140. The monoisotopic (exact) mass is 328 g/mol. The van der Waals surface area contributed by atoms with Crippen LogP contribution in [-0.4, -0.2) is 22.5 Å². The van der Waals surface area contributed by atoms with Gasteiger partial charge in [-0.05, 0) is 25.5 Å². The fraction of sp³-hybridized carbons (Fsp3) is 0.222. The van der Waals surface area contributed by atoms with E-state index in [0.717, 1.165) is 22.3 Å². The predicted octanol–water partition coefficient (Wildman–Crippen LogP) is 4.07. The molecule has 0 spiro atoms. The first-order chi connectivity index (χ1) is 11.0. The first-order valence-electron chi connectivity index (χ1n) is 7.29. The van der Waals surface area contributed by atoms with Crippen molar-refractivity contribution in [1.29, 1.82) is 0 Å². The van der Waals surface area contributed by atoms with Crippen LogP contribution in [0.2, 0.25) is 0 Å². The number of carbonyl (C=O) groups is 1. The minimum Gasteiger partial charge on any atom is -0.468 e. The molecule has 5 heteroatoms. The third-order valence-corrected chi connectivity index (χ3v) is 4.16. The molecule has 118 valence electrons. The first-order valence-corrected chi connectivity index (χ1v) is 7.72. The minimum absolute atomic E-state index is 0.497. The lowest BCUT2D eigenvalue weighted by Gasteiger charge is -2.10. The molecule has 2 aromatic heterocycles. The van der Waals surface area contributed by atoms with Crippen LogP contribution in [0.4, 0.5) is 0 Å². The van der Waals surface area contributed by atoms with E-state index in [1.165, 1.54) is 7.11 Å². The van der Waals surface area contributed by atoms with Crippen LogP contribution in [0.1, 0.15) is 22.2 Å². The highest BCUT2D eigenvalue weighted by molar-refractivity contribution is 6.30. The Morgan fingerprint density at radius 1 is 1.13 bits per heavy atom. The maximum Gasteiger partial charge on any atom is 0.330 e. The van der Waals surface area contributed by atoms with Gasteiger partial charge in [-0.2, -0.15) is 0 Å². The molecule has 0 aliphatic carbocycles. The van der Waals surface area contributed by atoms with Gasteiger partial charge in [0.15, 0.2) is 5.38 Å². The van der Waals surface area contributed by atoms with Gasteiger partial charge in [0.1, 0.15) is 5.65 Å². The van der Waals surface area contributed by atoms with Crippen molar-refractivity contribution in [3.63, 3.8) is 0 Å². The molecular weight excluding hydrogens is 312 g/mol. The number of alkyl halides is 1. The SMILES string of the molecule is COC(=O)C(Cl)c1c(-c2ccc(C)cc2)nc2ccc(C)cn12. The Hall–Kier alpha value is -2.33. The number of halogens is 1. The lowest BCUT2D eigenvalue weighted by atomic mass is 10.1. The van der Waals surface area contributed by atoms with Gasteiger partial charge in [-0.3, -0.25) is 4.79 Å². The van der Waals surface area contributed by atoms with Gasteiger partial charge in [-0.25, -0.2) is 4.98 Å². The molecule has 0 saturated heterocycles. The number of benzene rings is 1. The number of pyridine rings is 1. The number of nitrogens with zero attached hydrogens (tertiary/aromatic N) is 2. The van der Waals surface area contributed by atoms with Gasteiger partial charge in [0, 0.05) is 11.8 Å². The normalized spacial score (nSPS) is 12.3. The Morgan fingerprint density at radius 3 is 2.43 bits per heavy atom. The molecule has 1 atom stereocenters. The van der Waals surface area contributed by atoms with Crippen molar-refractivity contribution in [2.45, 2.75) is 19.2 Å². The number of fused-ring (bicyclic) bond motifs is 1. The molecule has 1 unspecified atom stereocenters. The van der Waals surface area contributed by atoms with Crippen LogP contribution in [0, 0.1) is 13.8 Å². The number of hydrogen-bond donors (Lipinski definition) is 0. The number of hydrogen-bond acceptors (Lipinski definition) is 3. The number of aryl methyl sites for hydroxylation is 2. The predicted molar refractivity (Wildman–Crippen MR) is 90.7 cm³/mol. The molecule has 4 nitrogen and oxygen atoms in total. The van der Waals surface area contributed by atoms with Crippen LogP contribution >= 0.6 is 11.6 Å². The standard InChI is InChI=1S/C18H17ClN2O2/c1-11-4-7-13(8-5-11)16-17(15(19)18(22)23-3)21-10-12(2)6-9-14(21)20-16/h4-10,15H,1-3H3. The van der Waals surface area contributed by atoms with Crippen LogP contribution < -0.4 is 0 Å². The number of methoxy groups -OCH3 is 1. The van der Waals surface area contributed by atoms with Crippen molar-refractivity contribution >= 4 is 23.2 Å². The summed E-state index contributed by atoms with van der Waals surface area (Å²) in [4.78, 5) is 16.6. The van der Waals surface area contributed by atoms with Gasteiger partial charge in [0.2, 0.25) is 0 Å². The van der Waals surface area contributed by atoms with E-state index < -0.39 is 11.3 Å². The molecule has 3 aromatic rings. The van der Waals surface area contributed by atoms with Crippen molar-refractivity contribution in [3.05, 3.63) is 59.4 Å². The average Bonchev–Trinajstić information content (AvgIpc) is 2.92. The number of imidazole rings is 1. The highest BCUT2D eigenvalue weighted by Crippen LogP contribution is 2.33. The summed E-state index contributed by atoms with van der Waals surface area (Å²) < 4.78 is 6.67. The molecule has 23 heavy (non-hydrogen) atoms. The van der Waals surface area contributed by atoms with Gasteiger partial charge in [-0.1, -0.05) is 35.9 Å². The van der Waals surface area contributed by atoms with Crippen molar-refractivity contribution < 1.29 is 9.53 Å². The zero-order valence-electron chi connectivity index (χ0n) is 13.2. The Bertz CT molecular complexity index is 869. The lowest BCUT2D eigenvalue weighted by Crippen LogP contribution is -2.12. The van der Waals surface area contributed by atoms with E-state index in [2.05, 4.69) is 4.98 Å². The summed E-state index contributed by atoms with van der Waals surface area (Å²) >= 11 is 6.38. The van der Waals surface area contributed by atoms with E-state index in [0.29, 0.717) is 11.4 Å². The number of aromatic nitrogens is 2. The summed E-state index contributed by atoms with van der Waals surface area (Å²) in [7, 11) is 1.33. The van der Waals surface area contributed by atoms with Crippen molar-refractivity contribution in [2.75, 3.05) is 7.11 Å². The van der Waals surface area contributed by atoms with Crippen molar-refractivity contribution in [2.24, 2.45) is 0 Å². The van der Waals surface area contributed by atoms with E-state index in [1.54, 1.807) is 0 Å². The Labute approximate surface area is 139 Å². The highest BCUT2D eigenvalue weighted by atomic mass is 35.5. The first kappa shape index (κ1) is 15.6. The second kappa shape index (κ2) is 6.05. The Balaban J connectivity index is 2.27. The highest BCUT2D eigenvalue weighted by Gasteiger charge is 2.27. The summed E-state index contributed by atoms with van der Waals surface area (Å²) in [6.07, 6.45) is 1.92. The molecular formula is C18H17ClN2O2. The van der Waals surface area contributed by atoms with Crippen molar-refractivity contribution in [1.82, 2.24) is 9.38 Å². The Kier molecular flexibility index (Phi) is 4.09. The largest absolute Gasteiger partial charge is 0.468 e. The van der Waals surface area contributed by atoms with Gasteiger partial charge < -0.3 is 9.14 Å². The quantitative estimate of drug-likeness (QED) is 0.537. The molecule has 3 rings (SSSR count). The molecule has 0 amide bonds. The van der Waals surface area contributed by atoms with Gasteiger partial charge in [-0.15, -0.1) is 11.6 Å². The molecule has 0 N–H and O–H groups in total. The van der Waals surface area contributed by atoms with E-state index in [-0.39, 0.29) is 0 Å². The third kappa shape index (κ3) is 2.82. The fourth-order valence-corrected chi connectivity index (χ4v) is 2.85. The minimum atomic E-state index is -0.923. The summed E-state index contributed by atoms with van der Waals surface area (Å²) in [6, 6.07) is 11.9. The van der Waals surface area contributed by atoms with Crippen LogP contribution in [-0.2, 0) is 9.53 Å². The molecule has 0 aliphatic rings. The van der Waals surface area contributed by atoms with Crippen LogP contribution in [0.15, 0.2) is 42.6 Å². The van der Waals surface area contributed by atoms with Gasteiger partial charge in [0.25, 0.3) is 0 Å². The molecule has 0 aliphatic heterocycles. The smallest absolute Gasteiger partial charge is 0.330 e. The maximum absolute atomic E-state index is 12.0. The van der Waals surface area contributed by atoms with E-state index >= 15 is 0 Å². The van der Waals surface area contributed by atoms with Crippen LogP contribution in [0.25, 0.3) is 16.9 Å². The number of esters is 1. The van der Waals surface area contributed by atoms with E-state index in [1.807, 2.05) is 60.8 Å². The second-order valence-corrected chi connectivity index (χ2v) is 5.97. The molecule has 2 heterocycles. The zero-order valence-corrected chi connectivity index (χ0v) is 14.0. The Morgan fingerprint density at radius 2 is 1.78 bits per heavy atom.